The van der Waals surface area contributed by atoms with Gasteiger partial charge in [-0.25, -0.2) is 8.42 Å². The van der Waals surface area contributed by atoms with Crippen LogP contribution < -0.4 is 5.32 Å². The molecule has 0 heterocycles. The molecule has 0 aliphatic heterocycles. The summed E-state index contributed by atoms with van der Waals surface area (Å²) in [6.07, 6.45) is 5.26. The fraction of sp³-hybridized carbons (Fsp3) is 0.917. The average Bonchev–Trinajstić information content (AvgIpc) is 2.34. The molecule has 0 saturated heterocycles. The van der Waals surface area contributed by atoms with E-state index in [9.17, 15) is 18.3 Å². The molecule has 1 rings (SSSR count). The van der Waals surface area contributed by atoms with Crippen LogP contribution in [0.5, 0.6) is 0 Å². The van der Waals surface area contributed by atoms with Crippen LogP contribution in [0.15, 0.2) is 0 Å². The first-order valence-electron chi connectivity index (χ1n) is 6.43. The summed E-state index contributed by atoms with van der Waals surface area (Å²) in [5.41, 5.74) is 0. The number of nitrogens with one attached hydrogen (secondary N) is 1. The summed E-state index contributed by atoms with van der Waals surface area (Å²) in [5.74, 6) is 0.0480. The van der Waals surface area contributed by atoms with Crippen LogP contribution in [-0.2, 0) is 14.6 Å². The molecule has 1 aliphatic rings. The minimum absolute atomic E-state index is 0.141. The van der Waals surface area contributed by atoms with E-state index in [0.29, 0.717) is 6.54 Å². The van der Waals surface area contributed by atoms with Crippen LogP contribution in [0, 0.1) is 11.8 Å². The number of hydrogen-bond donors (Lipinski definition) is 2. The van der Waals surface area contributed by atoms with Crippen molar-refractivity contribution in [3.8, 4) is 0 Å². The number of carbonyl (C=O) groups excluding carboxylic acids is 1. The van der Waals surface area contributed by atoms with Gasteiger partial charge >= 0.3 is 0 Å². The summed E-state index contributed by atoms with van der Waals surface area (Å²) in [6, 6.07) is 0. The van der Waals surface area contributed by atoms with E-state index in [1.807, 2.05) is 0 Å². The molecule has 1 saturated carbocycles. The van der Waals surface area contributed by atoms with Crippen molar-refractivity contribution in [2.75, 3.05) is 19.4 Å². The Morgan fingerprint density at radius 3 is 2.39 bits per heavy atom. The fourth-order valence-corrected chi connectivity index (χ4v) is 2.84. The van der Waals surface area contributed by atoms with Crippen molar-refractivity contribution in [1.29, 1.82) is 0 Å². The zero-order chi connectivity index (χ0) is 13.8. The van der Waals surface area contributed by atoms with Crippen LogP contribution >= 0.6 is 0 Å². The predicted octanol–water partition coefficient (Wildman–Crippen LogP) is 0.334. The quantitative estimate of drug-likeness (QED) is 0.759. The van der Waals surface area contributed by atoms with E-state index < -0.39 is 21.0 Å². The van der Waals surface area contributed by atoms with Gasteiger partial charge < -0.3 is 10.4 Å². The molecule has 0 aromatic heterocycles. The van der Waals surface area contributed by atoms with Crippen LogP contribution in [0.1, 0.15) is 32.6 Å². The van der Waals surface area contributed by atoms with Crippen LogP contribution in [-0.4, -0.2) is 44.1 Å². The second kappa shape index (κ2) is 6.52. The molecule has 106 valence electrons. The van der Waals surface area contributed by atoms with Crippen molar-refractivity contribution in [1.82, 2.24) is 5.32 Å². The number of aliphatic hydroxyl groups excluding tert-OH is 1. The number of sulfone groups is 1. The van der Waals surface area contributed by atoms with Crippen molar-refractivity contribution < 1.29 is 18.3 Å². The minimum Gasteiger partial charge on any atom is -0.396 e. The Morgan fingerprint density at radius 2 is 1.89 bits per heavy atom. The van der Waals surface area contributed by atoms with E-state index in [1.54, 1.807) is 0 Å². The summed E-state index contributed by atoms with van der Waals surface area (Å²) in [6.45, 7) is 2.00. The molecule has 0 radical (unpaired) electrons. The van der Waals surface area contributed by atoms with Gasteiger partial charge in [0.1, 0.15) is 5.25 Å². The largest absolute Gasteiger partial charge is 0.396 e. The molecule has 3 atom stereocenters. The third-order valence-electron chi connectivity index (χ3n) is 3.85. The highest BCUT2D eigenvalue weighted by Crippen LogP contribution is 2.29. The van der Waals surface area contributed by atoms with E-state index in [-0.39, 0.29) is 18.4 Å². The Hall–Kier alpha value is -0.620. The van der Waals surface area contributed by atoms with Gasteiger partial charge in [-0.15, -0.1) is 0 Å². The van der Waals surface area contributed by atoms with Gasteiger partial charge in [0, 0.05) is 19.4 Å². The zero-order valence-electron chi connectivity index (χ0n) is 11.1. The molecule has 5 nitrogen and oxygen atoms in total. The maximum absolute atomic E-state index is 11.7. The Morgan fingerprint density at radius 1 is 1.33 bits per heavy atom. The average molecular weight is 277 g/mol. The summed E-state index contributed by atoms with van der Waals surface area (Å²) in [7, 11) is -3.34. The smallest absolute Gasteiger partial charge is 0.238 e. The lowest BCUT2D eigenvalue weighted by Gasteiger charge is -2.30. The Kier molecular flexibility index (Phi) is 5.59. The zero-order valence-corrected chi connectivity index (χ0v) is 11.9. The number of hydrogen-bond acceptors (Lipinski definition) is 4. The van der Waals surface area contributed by atoms with Gasteiger partial charge in [0.2, 0.25) is 5.91 Å². The fourth-order valence-electron chi connectivity index (χ4n) is 2.36. The second-order valence-electron chi connectivity index (χ2n) is 5.20. The van der Waals surface area contributed by atoms with E-state index in [4.69, 9.17) is 0 Å². The lowest BCUT2D eigenvalue weighted by molar-refractivity contribution is -0.120. The Labute approximate surface area is 109 Å². The molecule has 1 amide bonds. The van der Waals surface area contributed by atoms with Gasteiger partial charge in [-0.1, -0.05) is 12.8 Å². The first kappa shape index (κ1) is 15.4. The molecule has 0 aromatic carbocycles. The topological polar surface area (TPSA) is 83.5 Å². The van der Waals surface area contributed by atoms with Crippen molar-refractivity contribution in [2.45, 2.75) is 37.9 Å². The van der Waals surface area contributed by atoms with Gasteiger partial charge in [-0.2, -0.15) is 0 Å². The Bertz CT molecular complexity index is 380. The molecule has 0 bridgehead atoms. The van der Waals surface area contributed by atoms with Gasteiger partial charge in [-0.05, 0) is 31.6 Å². The first-order valence-corrected chi connectivity index (χ1v) is 8.39. The van der Waals surface area contributed by atoms with Crippen molar-refractivity contribution >= 4 is 15.7 Å². The van der Waals surface area contributed by atoms with Crippen molar-refractivity contribution in [3.63, 3.8) is 0 Å². The monoisotopic (exact) mass is 277 g/mol. The first-order chi connectivity index (χ1) is 8.36. The van der Waals surface area contributed by atoms with Gasteiger partial charge in [-0.3, -0.25) is 4.79 Å². The Balaban J connectivity index is 2.46. The number of aliphatic hydroxyl groups is 1. The number of amides is 1. The lowest BCUT2D eigenvalue weighted by Crippen LogP contribution is -2.41. The maximum atomic E-state index is 11.7. The standard InChI is InChI=1S/C12H23NO4S/c1-9(18(2,16)17)12(15)13-7-10-5-3-4-6-11(10)8-14/h9-11,14H,3-8H2,1-2H3,(H,13,15). The number of rotatable bonds is 5. The van der Waals surface area contributed by atoms with E-state index >= 15 is 0 Å². The normalized spacial score (nSPS) is 26.6. The SMILES string of the molecule is CC(C(=O)NCC1CCCCC1CO)S(C)(=O)=O. The minimum atomic E-state index is -3.34. The summed E-state index contributed by atoms with van der Waals surface area (Å²) < 4.78 is 22.5. The third-order valence-corrected chi connectivity index (χ3v) is 5.35. The van der Waals surface area contributed by atoms with Crippen molar-refractivity contribution in [3.05, 3.63) is 0 Å². The van der Waals surface area contributed by atoms with Gasteiger partial charge in [0.25, 0.3) is 0 Å². The van der Waals surface area contributed by atoms with E-state index in [1.165, 1.54) is 6.92 Å². The molecular formula is C12H23NO4S. The molecule has 1 aliphatic carbocycles. The molecule has 0 aromatic rings. The summed E-state index contributed by atoms with van der Waals surface area (Å²) >= 11 is 0. The highest BCUT2D eigenvalue weighted by molar-refractivity contribution is 7.92. The molecular weight excluding hydrogens is 254 g/mol. The highest BCUT2D eigenvalue weighted by atomic mass is 32.2. The molecule has 2 N–H and O–H groups in total. The number of carbonyl (C=O) groups is 1. The molecule has 0 spiro atoms. The van der Waals surface area contributed by atoms with E-state index in [2.05, 4.69) is 5.32 Å². The summed E-state index contributed by atoms with van der Waals surface area (Å²) in [5, 5.41) is 10.9. The molecule has 3 unspecified atom stereocenters. The van der Waals surface area contributed by atoms with Gasteiger partial charge in [0.05, 0.1) is 0 Å². The predicted molar refractivity (Wildman–Crippen MR) is 69.8 cm³/mol. The molecule has 6 heteroatoms. The van der Waals surface area contributed by atoms with E-state index in [0.717, 1.165) is 31.9 Å². The summed E-state index contributed by atoms with van der Waals surface area (Å²) in [4.78, 5) is 11.7. The highest BCUT2D eigenvalue weighted by Gasteiger charge is 2.27. The van der Waals surface area contributed by atoms with Crippen molar-refractivity contribution in [2.24, 2.45) is 11.8 Å². The molecule has 18 heavy (non-hydrogen) atoms. The maximum Gasteiger partial charge on any atom is 0.238 e. The van der Waals surface area contributed by atoms with Gasteiger partial charge in [0.15, 0.2) is 9.84 Å². The third kappa shape index (κ3) is 4.24. The van der Waals surface area contributed by atoms with Crippen LogP contribution in [0.4, 0.5) is 0 Å². The van der Waals surface area contributed by atoms with Crippen LogP contribution in [0.2, 0.25) is 0 Å². The second-order valence-corrected chi connectivity index (χ2v) is 7.57. The van der Waals surface area contributed by atoms with Crippen LogP contribution in [0.25, 0.3) is 0 Å². The molecule has 1 fully saturated rings. The van der Waals surface area contributed by atoms with Crippen LogP contribution in [0.3, 0.4) is 0 Å². The lowest BCUT2D eigenvalue weighted by atomic mass is 9.79.